The van der Waals surface area contributed by atoms with E-state index in [2.05, 4.69) is 25.6 Å². The van der Waals surface area contributed by atoms with E-state index < -0.39 is 35.1 Å². The number of benzene rings is 1. The predicted molar refractivity (Wildman–Crippen MR) is 146 cm³/mol. The van der Waals surface area contributed by atoms with Crippen molar-refractivity contribution in [3.63, 3.8) is 0 Å². The average Bonchev–Trinajstić information content (AvgIpc) is 3.46. The van der Waals surface area contributed by atoms with Gasteiger partial charge in [-0.05, 0) is 60.2 Å². The molecule has 10 heteroatoms. The molecule has 1 aromatic carbocycles. The van der Waals surface area contributed by atoms with Crippen LogP contribution in [0.4, 0.5) is 14.6 Å². The van der Waals surface area contributed by atoms with E-state index in [4.69, 9.17) is 5.73 Å². The smallest absolute Gasteiger partial charge is 0.253 e. The Morgan fingerprint density at radius 3 is 2.68 bits per heavy atom. The number of rotatable bonds is 3. The zero-order chi connectivity index (χ0) is 28.3. The average molecular weight is 553 g/mol. The Morgan fingerprint density at radius 1 is 1.00 bits per heavy atom. The summed E-state index contributed by atoms with van der Waals surface area (Å²) in [5.74, 6) is -2.21. The standard InChI is InChI=1S/C31H26F2N6O2/c32-22-7-1-4-18(25(22)33)19-8-9-23(27-20(26(19)34)5-2-10-35-27)38-29(40)17-12-16-13-31(14-24(16)37-15-17)21-6-3-11-36-28(21)39-30(31)41/h1-7,10-12,15,19,23,26H,8-9,13-14,34H2,(H,38,40)(H,36,39,41)/t19-,23+,26+,31-/m0/s1. The molecule has 4 aromatic rings. The summed E-state index contributed by atoms with van der Waals surface area (Å²) < 4.78 is 28.8. The van der Waals surface area contributed by atoms with Crippen molar-refractivity contribution in [1.29, 1.82) is 0 Å². The normalized spacial score (nSPS) is 24.3. The van der Waals surface area contributed by atoms with Crippen LogP contribution in [0.2, 0.25) is 0 Å². The molecule has 7 rings (SSSR count). The van der Waals surface area contributed by atoms with E-state index in [1.54, 1.807) is 30.6 Å². The first kappa shape index (κ1) is 25.4. The number of nitrogens with zero attached hydrogens (tertiary/aromatic N) is 3. The Balaban J connectivity index is 1.15. The third kappa shape index (κ3) is 4.01. The molecule has 206 valence electrons. The van der Waals surface area contributed by atoms with Crippen molar-refractivity contribution in [2.24, 2.45) is 5.73 Å². The van der Waals surface area contributed by atoms with Crippen molar-refractivity contribution in [2.45, 2.75) is 49.1 Å². The highest BCUT2D eigenvalue weighted by Crippen LogP contribution is 2.46. The van der Waals surface area contributed by atoms with Crippen LogP contribution in [-0.4, -0.2) is 26.8 Å². The van der Waals surface area contributed by atoms with Gasteiger partial charge in [0.1, 0.15) is 5.82 Å². The highest BCUT2D eigenvalue weighted by atomic mass is 19.2. The van der Waals surface area contributed by atoms with E-state index in [0.29, 0.717) is 48.3 Å². The molecule has 2 aliphatic carbocycles. The van der Waals surface area contributed by atoms with E-state index in [9.17, 15) is 18.4 Å². The number of nitrogens with two attached hydrogens (primary N) is 1. The van der Waals surface area contributed by atoms with Crippen LogP contribution in [0.5, 0.6) is 0 Å². The van der Waals surface area contributed by atoms with Crippen LogP contribution in [0.3, 0.4) is 0 Å². The maximum atomic E-state index is 14.8. The summed E-state index contributed by atoms with van der Waals surface area (Å²) in [6.45, 7) is 0. The van der Waals surface area contributed by atoms with Crippen molar-refractivity contribution >= 4 is 17.6 Å². The van der Waals surface area contributed by atoms with Crippen LogP contribution in [0.15, 0.2) is 67.1 Å². The first-order chi connectivity index (χ1) is 19.9. The third-order valence-electron chi connectivity index (χ3n) is 8.72. The van der Waals surface area contributed by atoms with Crippen LogP contribution in [0, 0.1) is 11.6 Å². The quantitative estimate of drug-likeness (QED) is 0.328. The second-order valence-electron chi connectivity index (χ2n) is 11.0. The van der Waals surface area contributed by atoms with Crippen LogP contribution in [0.25, 0.3) is 0 Å². The van der Waals surface area contributed by atoms with Gasteiger partial charge < -0.3 is 16.4 Å². The number of pyridine rings is 3. The molecule has 0 saturated carbocycles. The Labute approximate surface area is 234 Å². The third-order valence-corrected chi connectivity index (χ3v) is 8.72. The van der Waals surface area contributed by atoms with Crippen LogP contribution in [0.1, 0.15) is 74.8 Å². The molecule has 4 heterocycles. The Bertz CT molecular complexity index is 1730. The molecule has 0 fully saturated rings. The maximum absolute atomic E-state index is 14.8. The number of anilines is 1. The first-order valence-electron chi connectivity index (χ1n) is 13.6. The molecule has 0 saturated heterocycles. The zero-order valence-corrected chi connectivity index (χ0v) is 21.9. The molecule has 2 amide bonds. The first-order valence-corrected chi connectivity index (χ1v) is 13.6. The summed E-state index contributed by atoms with van der Waals surface area (Å²) in [6.07, 6.45) is 6.49. The SMILES string of the molecule is N[C@H]1c2cccnc2[C@H](NC(=O)c2cnc3c(c2)C[C@@]2(C3)C(=O)Nc3ncccc32)CC[C@H]1c1cccc(F)c1F. The molecular weight excluding hydrogens is 526 g/mol. The Kier molecular flexibility index (Phi) is 5.90. The van der Waals surface area contributed by atoms with Crippen LogP contribution in [-0.2, 0) is 23.1 Å². The molecule has 0 unspecified atom stereocenters. The Hall–Kier alpha value is -4.57. The van der Waals surface area contributed by atoms with Gasteiger partial charge in [-0.25, -0.2) is 13.8 Å². The molecule has 4 atom stereocenters. The monoisotopic (exact) mass is 552 g/mol. The van der Waals surface area contributed by atoms with Gasteiger partial charge in [-0.3, -0.25) is 19.6 Å². The molecule has 1 aliphatic heterocycles. The summed E-state index contributed by atoms with van der Waals surface area (Å²) in [5, 5.41) is 5.95. The maximum Gasteiger partial charge on any atom is 0.253 e. The summed E-state index contributed by atoms with van der Waals surface area (Å²) in [4.78, 5) is 40.0. The number of halogens is 2. The van der Waals surface area contributed by atoms with Gasteiger partial charge in [0.15, 0.2) is 11.6 Å². The summed E-state index contributed by atoms with van der Waals surface area (Å²) in [5.41, 5.74) is 10.2. The minimum Gasteiger partial charge on any atom is -0.344 e. The fourth-order valence-corrected chi connectivity index (χ4v) is 6.66. The fraction of sp³-hybridized carbons (Fsp3) is 0.258. The lowest BCUT2D eigenvalue weighted by Crippen LogP contribution is -2.35. The van der Waals surface area contributed by atoms with Gasteiger partial charge in [0.25, 0.3) is 5.91 Å². The van der Waals surface area contributed by atoms with E-state index in [1.165, 1.54) is 12.3 Å². The molecule has 0 radical (unpaired) electrons. The second-order valence-corrected chi connectivity index (χ2v) is 11.0. The van der Waals surface area contributed by atoms with Gasteiger partial charge in [0.2, 0.25) is 5.91 Å². The number of fused-ring (bicyclic) bond motifs is 4. The summed E-state index contributed by atoms with van der Waals surface area (Å²) in [7, 11) is 0. The van der Waals surface area contributed by atoms with Gasteiger partial charge >= 0.3 is 0 Å². The molecule has 4 N–H and O–H groups in total. The number of nitrogens with one attached hydrogen (secondary N) is 2. The van der Waals surface area contributed by atoms with E-state index >= 15 is 0 Å². The number of carbonyl (C=O) groups excluding carboxylic acids is 2. The molecule has 8 nitrogen and oxygen atoms in total. The van der Waals surface area contributed by atoms with Crippen molar-refractivity contribution in [1.82, 2.24) is 20.3 Å². The number of hydrogen-bond acceptors (Lipinski definition) is 6. The molecule has 3 aliphatic rings. The number of amides is 2. The summed E-state index contributed by atoms with van der Waals surface area (Å²) in [6, 6.07) is 12.1. The van der Waals surface area contributed by atoms with E-state index in [0.717, 1.165) is 22.9 Å². The highest BCUT2D eigenvalue weighted by molar-refractivity contribution is 6.06. The zero-order valence-electron chi connectivity index (χ0n) is 21.9. The number of aromatic nitrogens is 3. The lowest BCUT2D eigenvalue weighted by Gasteiger charge is -2.23. The van der Waals surface area contributed by atoms with E-state index in [-0.39, 0.29) is 17.4 Å². The van der Waals surface area contributed by atoms with Crippen molar-refractivity contribution in [3.8, 4) is 0 Å². The predicted octanol–water partition coefficient (Wildman–Crippen LogP) is 4.19. The van der Waals surface area contributed by atoms with Gasteiger partial charge in [-0.1, -0.05) is 24.3 Å². The molecule has 0 bridgehead atoms. The molecule has 1 spiro atoms. The van der Waals surface area contributed by atoms with E-state index in [1.807, 2.05) is 18.2 Å². The van der Waals surface area contributed by atoms with Crippen LogP contribution >= 0.6 is 0 Å². The highest BCUT2D eigenvalue weighted by Gasteiger charge is 2.51. The molecule has 41 heavy (non-hydrogen) atoms. The fourth-order valence-electron chi connectivity index (χ4n) is 6.66. The lowest BCUT2D eigenvalue weighted by molar-refractivity contribution is -0.120. The van der Waals surface area contributed by atoms with Crippen molar-refractivity contribution in [2.75, 3.05) is 5.32 Å². The van der Waals surface area contributed by atoms with Gasteiger partial charge in [-0.2, -0.15) is 0 Å². The minimum atomic E-state index is -0.920. The lowest BCUT2D eigenvalue weighted by atomic mass is 9.80. The van der Waals surface area contributed by atoms with Gasteiger partial charge in [0.05, 0.1) is 22.7 Å². The summed E-state index contributed by atoms with van der Waals surface area (Å²) >= 11 is 0. The topological polar surface area (TPSA) is 123 Å². The number of hydrogen-bond donors (Lipinski definition) is 3. The Morgan fingerprint density at radius 2 is 1.80 bits per heavy atom. The molecular formula is C31H26F2N6O2. The largest absolute Gasteiger partial charge is 0.344 e. The molecule has 3 aromatic heterocycles. The van der Waals surface area contributed by atoms with Crippen LogP contribution < -0.4 is 16.4 Å². The number of carbonyl (C=O) groups is 2. The van der Waals surface area contributed by atoms with Gasteiger partial charge in [-0.15, -0.1) is 0 Å². The van der Waals surface area contributed by atoms with Crippen molar-refractivity contribution < 1.29 is 18.4 Å². The van der Waals surface area contributed by atoms with Gasteiger partial charge in [0, 0.05) is 48.2 Å². The second kappa shape index (κ2) is 9.52. The minimum absolute atomic E-state index is 0.114. The van der Waals surface area contributed by atoms with Crippen molar-refractivity contribution in [3.05, 3.63) is 118 Å².